The molecular formula is C11H20N4O2. The standard InChI is InChI=1S/C11H20N4O2/c1-7(13-9(3)11(5)15-17)6-12-8(2)10(4)14-16/h7,16-17H,6H2,1-5H3/b12-8?,13-9?,14-10+,15-11+. The second-order valence-electron chi connectivity index (χ2n) is 3.86. The fraction of sp³-hybridized carbons (Fsp3) is 0.636. The van der Waals surface area contributed by atoms with Crippen LogP contribution >= 0.6 is 0 Å². The van der Waals surface area contributed by atoms with Crippen molar-refractivity contribution in [1.82, 2.24) is 0 Å². The highest BCUT2D eigenvalue weighted by molar-refractivity contribution is 6.41. The van der Waals surface area contributed by atoms with E-state index < -0.39 is 0 Å². The number of hydrogen-bond acceptors (Lipinski definition) is 6. The molecule has 0 rings (SSSR count). The molecule has 0 aliphatic heterocycles. The Kier molecular flexibility index (Phi) is 6.77. The van der Waals surface area contributed by atoms with Gasteiger partial charge in [-0.2, -0.15) is 0 Å². The summed E-state index contributed by atoms with van der Waals surface area (Å²) < 4.78 is 0. The van der Waals surface area contributed by atoms with Gasteiger partial charge in [-0.05, 0) is 34.6 Å². The van der Waals surface area contributed by atoms with Gasteiger partial charge in [0.05, 0.1) is 35.4 Å². The van der Waals surface area contributed by atoms with Gasteiger partial charge in [-0.25, -0.2) is 0 Å². The van der Waals surface area contributed by atoms with Crippen molar-refractivity contribution in [1.29, 1.82) is 0 Å². The summed E-state index contributed by atoms with van der Waals surface area (Å²) in [6.07, 6.45) is 0. The maximum Gasteiger partial charge on any atom is 0.0971 e. The van der Waals surface area contributed by atoms with Crippen LogP contribution in [0.25, 0.3) is 0 Å². The van der Waals surface area contributed by atoms with Crippen molar-refractivity contribution in [3.63, 3.8) is 0 Å². The van der Waals surface area contributed by atoms with Crippen molar-refractivity contribution >= 4 is 22.8 Å². The Morgan fingerprint density at radius 2 is 1.35 bits per heavy atom. The van der Waals surface area contributed by atoms with Gasteiger partial charge >= 0.3 is 0 Å². The van der Waals surface area contributed by atoms with Crippen molar-refractivity contribution in [3.8, 4) is 0 Å². The van der Waals surface area contributed by atoms with Crippen LogP contribution in [0, 0.1) is 0 Å². The Labute approximate surface area is 101 Å². The summed E-state index contributed by atoms with van der Waals surface area (Å²) in [7, 11) is 0. The van der Waals surface area contributed by atoms with E-state index in [0.717, 1.165) is 0 Å². The average Bonchev–Trinajstić information content (AvgIpc) is 2.33. The Hall–Kier alpha value is -1.72. The van der Waals surface area contributed by atoms with E-state index in [-0.39, 0.29) is 6.04 Å². The summed E-state index contributed by atoms with van der Waals surface area (Å²) in [6.45, 7) is 9.33. The van der Waals surface area contributed by atoms with Crippen molar-refractivity contribution in [2.45, 2.75) is 40.7 Å². The third-order valence-corrected chi connectivity index (χ3v) is 2.35. The molecular weight excluding hydrogens is 220 g/mol. The van der Waals surface area contributed by atoms with Crippen LogP contribution in [0.2, 0.25) is 0 Å². The molecule has 0 amide bonds. The molecule has 0 fully saturated rings. The van der Waals surface area contributed by atoms with Gasteiger partial charge in [0.25, 0.3) is 0 Å². The normalized spacial score (nSPS) is 17.2. The Balaban J connectivity index is 4.53. The molecule has 0 radical (unpaired) electrons. The van der Waals surface area contributed by atoms with Crippen LogP contribution in [0.15, 0.2) is 20.3 Å². The van der Waals surface area contributed by atoms with E-state index in [4.69, 9.17) is 10.4 Å². The van der Waals surface area contributed by atoms with Gasteiger partial charge < -0.3 is 10.4 Å². The number of hydrogen-bond donors (Lipinski definition) is 2. The molecule has 2 N–H and O–H groups in total. The Morgan fingerprint density at radius 1 is 0.882 bits per heavy atom. The van der Waals surface area contributed by atoms with Gasteiger partial charge in [0.1, 0.15) is 0 Å². The molecule has 0 aliphatic carbocycles. The summed E-state index contributed by atoms with van der Waals surface area (Å²) in [5.74, 6) is 0. The number of oxime groups is 2. The maximum atomic E-state index is 8.58. The first-order valence-corrected chi connectivity index (χ1v) is 5.35. The number of rotatable bonds is 5. The van der Waals surface area contributed by atoms with Crippen molar-refractivity contribution < 1.29 is 10.4 Å². The van der Waals surface area contributed by atoms with Gasteiger partial charge in [0.2, 0.25) is 0 Å². The average molecular weight is 240 g/mol. The first-order chi connectivity index (χ1) is 7.92. The molecule has 6 heteroatoms. The summed E-state index contributed by atoms with van der Waals surface area (Å²) in [4.78, 5) is 8.57. The molecule has 0 aromatic carbocycles. The molecule has 0 bridgehead atoms. The zero-order valence-corrected chi connectivity index (χ0v) is 11.0. The molecule has 0 heterocycles. The van der Waals surface area contributed by atoms with Gasteiger partial charge in [-0.15, -0.1) is 0 Å². The lowest BCUT2D eigenvalue weighted by Crippen LogP contribution is -2.14. The summed E-state index contributed by atoms with van der Waals surface area (Å²) >= 11 is 0. The molecule has 0 aromatic rings. The molecule has 0 aromatic heterocycles. The highest BCUT2D eigenvalue weighted by Crippen LogP contribution is 1.95. The van der Waals surface area contributed by atoms with E-state index in [1.165, 1.54) is 0 Å². The van der Waals surface area contributed by atoms with Crippen LogP contribution in [0.5, 0.6) is 0 Å². The van der Waals surface area contributed by atoms with Crippen LogP contribution < -0.4 is 0 Å². The fourth-order valence-corrected chi connectivity index (χ4v) is 0.993. The predicted octanol–water partition coefficient (Wildman–Crippen LogP) is 2.00. The molecule has 0 saturated carbocycles. The predicted molar refractivity (Wildman–Crippen MR) is 70.3 cm³/mol. The van der Waals surface area contributed by atoms with Crippen LogP contribution in [0.1, 0.15) is 34.6 Å². The molecule has 0 saturated heterocycles. The largest absolute Gasteiger partial charge is 0.411 e. The number of aliphatic imine (C=N–C) groups is 2. The van der Waals surface area contributed by atoms with Crippen LogP contribution in [0.3, 0.4) is 0 Å². The van der Waals surface area contributed by atoms with Gasteiger partial charge in [0.15, 0.2) is 0 Å². The Morgan fingerprint density at radius 3 is 1.82 bits per heavy atom. The lowest BCUT2D eigenvalue weighted by molar-refractivity contribution is 0.319. The van der Waals surface area contributed by atoms with E-state index in [2.05, 4.69) is 20.3 Å². The Bertz CT molecular complexity index is 370. The highest BCUT2D eigenvalue weighted by atomic mass is 16.4. The summed E-state index contributed by atoms with van der Waals surface area (Å²) in [5, 5.41) is 23.3. The lowest BCUT2D eigenvalue weighted by atomic mass is 10.2. The fourth-order valence-electron chi connectivity index (χ4n) is 0.993. The first-order valence-electron chi connectivity index (χ1n) is 5.35. The van der Waals surface area contributed by atoms with Gasteiger partial charge in [-0.1, -0.05) is 10.3 Å². The van der Waals surface area contributed by atoms with Gasteiger partial charge in [-0.3, -0.25) is 9.98 Å². The molecule has 0 spiro atoms. The third kappa shape index (κ3) is 5.79. The first kappa shape index (κ1) is 15.3. The minimum absolute atomic E-state index is 0.0202. The second-order valence-corrected chi connectivity index (χ2v) is 3.86. The minimum Gasteiger partial charge on any atom is -0.411 e. The van der Waals surface area contributed by atoms with E-state index in [9.17, 15) is 0 Å². The van der Waals surface area contributed by atoms with Crippen molar-refractivity contribution in [2.75, 3.05) is 6.54 Å². The molecule has 0 aliphatic rings. The van der Waals surface area contributed by atoms with E-state index in [1.54, 1.807) is 27.7 Å². The van der Waals surface area contributed by atoms with Crippen LogP contribution in [0.4, 0.5) is 0 Å². The minimum atomic E-state index is -0.0202. The molecule has 1 unspecified atom stereocenters. The zero-order valence-electron chi connectivity index (χ0n) is 11.0. The monoisotopic (exact) mass is 240 g/mol. The van der Waals surface area contributed by atoms with E-state index in [1.807, 2.05) is 6.92 Å². The van der Waals surface area contributed by atoms with Crippen LogP contribution in [-0.4, -0.2) is 45.8 Å². The molecule has 17 heavy (non-hydrogen) atoms. The second kappa shape index (κ2) is 7.54. The van der Waals surface area contributed by atoms with E-state index >= 15 is 0 Å². The number of nitrogens with zero attached hydrogens (tertiary/aromatic N) is 4. The quantitative estimate of drug-likeness (QED) is 0.437. The van der Waals surface area contributed by atoms with Gasteiger partial charge in [0, 0.05) is 0 Å². The smallest absolute Gasteiger partial charge is 0.0971 e. The SMILES string of the molecule is CC(=NCC(C)N=C(C)/C(C)=N/O)/C(C)=N/O. The third-order valence-electron chi connectivity index (χ3n) is 2.35. The molecule has 6 nitrogen and oxygen atoms in total. The summed E-state index contributed by atoms with van der Waals surface area (Å²) in [5.41, 5.74) is 2.34. The molecule has 96 valence electrons. The molecule has 1 atom stereocenters. The lowest BCUT2D eigenvalue weighted by Gasteiger charge is -2.06. The van der Waals surface area contributed by atoms with E-state index in [0.29, 0.717) is 29.4 Å². The van der Waals surface area contributed by atoms with Crippen molar-refractivity contribution in [2.24, 2.45) is 20.3 Å². The topological polar surface area (TPSA) is 89.9 Å². The van der Waals surface area contributed by atoms with Crippen LogP contribution in [-0.2, 0) is 0 Å². The van der Waals surface area contributed by atoms with Crippen molar-refractivity contribution in [3.05, 3.63) is 0 Å². The maximum absolute atomic E-state index is 8.58. The zero-order chi connectivity index (χ0) is 13.4. The summed E-state index contributed by atoms with van der Waals surface area (Å²) in [6, 6.07) is -0.0202. The highest BCUT2D eigenvalue weighted by Gasteiger charge is 2.03.